The number of esters is 1. The van der Waals surface area contributed by atoms with Crippen molar-refractivity contribution in [1.29, 1.82) is 0 Å². The van der Waals surface area contributed by atoms with Crippen LogP contribution in [-0.2, 0) is 14.3 Å². The Morgan fingerprint density at radius 2 is 0.618 bits per heavy atom. The van der Waals surface area contributed by atoms with Gasteiger partial charge in [0.2, 0.25) is 5.91 Å². The largest absolute Gasteiger partial charge is 0.466 e. The normalized spacial score (nSPS) is 12.6. The molecule has 76 heavy (non-hydrogen) atoms. The highest BCUT2D eigenvalue weighted by atomic mass is 16.5. The molecule has 2 unspecified atom stereocenters. The maximum Gasteiger partial charge on any atom is 0.305 e. The van der Waals surface area contributed by atoms with E-state index in [2.05, 4.69) is 43.5 Å². The standard InChI is InChI=1S/C70H135NO5/c1-3-5-7-9-11-13-15-16-17-37-40-44-48-52-56-60-64-70(75)76-65-61-57-53-49-45-41-38-35-33-31-29-27-25-23-21-19-18-20-22-24-26-28-30-32-34-36-39-43-47-51-55-59-63-69(74)71-67(66-72)68(73)62-58-54-50-46-42-14-12-10-8-6-4-2/h17,21,23,37,67-68,72-73H,3-16,18-20,22,24-36,38-66H2,1-2H3,(H,71,74)/b23-21-,37-17-. The minimum atomic E-state index is -0.660. The van der Waals surface area contributed by atoms with E-state index in [9.17, 15) is 19.8 Å². The summed E-state index contributed by atoms with van der Waals surface area (Å²) in [5, 5.41) is 23.2. The highest BCUT2D eigenvalue weighted by Gasteiger charge is 2.20. The Kier molecular flexibility index (Phi) is 64.4. The number of carbonyl (C=O) groups excluding carboxylic acids is 2. The van der Waals surface area contributed by atoms with Crippen LogP contribution in [-0.4, -0.2) is 47.4 Å². The van der Waals surface area contributed by atoms with Crippen LogP contribution in [0.1, 0.15) is 386 Å². The summed E-state index contributed by atoms with van der Waals surface area (Å²) in [7, 11) is 0. The summed E-state index contributed by atoms with van der Waals surface area (Å²) in [4.78, 5) is 24.5. The summed E-state index contributed by atoms with van der Waals surface area (Å²) in [6.45, 7) is 4.96. The molecule has 0 aromatic rings. The van der Waals surface area contributed by atoms with Gasteiger partial charge in [0.1, 0.15) is 0 Å². The lowest BCUT2D eigenvalue weighted by atomic mass is 10.0. The first-order valence-corrected chi connectivity index (χ1v) is 34.6. The minimum Gasteiger partial charge on any atom is -0.466 e. The average Bonchev–Trinajstić information content (AvgIpc) is 3.42. The maximum absolute atomic E-state index is 12.5. The van der Waals surface area contributed by atoms with Crippen LogP contribution in [0.5, 0.6) is 0 Å². The SMILES string of the molecule is CCCCCCCCC/C=C\CCCCCCCC(=O)OCCCCCCCCCCCCCC/C=C\CCCCCCCCCCCCCCCCCCC(=O)NC(CO)C(O)CCCCCCCCCCCCC. The summed E-state index contributed by atoms with van der Waals surface area (Å²) < 4.78 is 5.49. The van der Waals surface area contributed by atoms with Gasteiger partial charge in [-0.1, -0.05) is 321 Å². The molecule has 0 aromatic heterocycles. The van der Waals surface area contributed by atoms with Crippen molar-refractivity contribution in [2.24, 2.45) is 0 Å². The first-order valence-electron chi connectivity index (χ1n) is 34.6. The van der Waals surface area contributed by atoms with Gasteiger partial charge in [-0.05, 0) is 77.0 Å². The molecule has 0 radical (unpaired) electrons. The Balaban J connectivity index is 3.33. The lowest BCUT2D eigenvalue weighted by molar-refractivity contribution is -0.143. The highest BCUT2D eigenvalue weighted by molar-refractivity contribution is 5.76. The number of hydrogen-bond acceptors (Lipinski definition) is 5. The Morgan fingerprint density at radius 3 is 0.934 bits per heavy atom. The molecule has 0 fully saturated rings. The molecule has 0 aromatic carbocycles. The second kappa shape index (κ2) is 65.9. The number of unbranched alkanes of at least 4 members (excludes halogenated alkanes) is 50. The van der Waals surface area contributed by atoms with Crippen LogP contribution < -0.4 is 5.32 Å². The van der Waals surface area contributed by atoms with Crippen LogP contribution in [0.3, 0.4) is 0 Å². The number of carbonyl (C=O) groups is 2. The molecular formula is C70H135NO5. The van der Waals surface area contributed by atoms with E-state index in [1.165, 1.54) is 308 Å². The number of rotatable bonds is 65. The van der Waals surface area contributed by atoms with Gasteiger partial charge in [-0.3, -0.25) is 9.59 Å². The number of aliphatic hydroxyl groups is 2. The molecule has 6 heteroatoms. The molecule has 0 bridgehead atoms. The molecule has 1 amide bonds. The Hall–Kier alpha value is -1.66. The number of hydrogen-bond donors (Lipinski definition) is 3. The number of nitrogens with one attached hydrogen (secondary N) is 1. The molecule has 0 rings (SSSR count). The second-order valence-corrected chi connectivity index (χ2v) is 23.9. The van der Waals surface area contributed by atoms with Gasteiger partial charge >= 0.3 is 5.97 Å². The van der Waals surface area contributed by atoms with Crippen molar-refractivity contribution >= 4 is 11.9 Å². The number of ether oxygens (including phenoxy) is 1. The molecule has 6 nitrogen and oxygen atoms in total. The fourth-order valence-electron chi connectivity index (χ4n) is 10.9. The molecule has 0 aliphatic rings. The molecule has 0 aliphatic carbocycles. The van der Waals surface area contributed by atoms with E-state index in [0.29, 0.717) is 25.9 Å². The van der Waals surface area contributed by atoms with Crippen molar-refractivity contribution in [2.45, 2.75) is 398 Å². The van der Waals surface area contributed by atoms with Gasteiger partial charge in [-0.25, -0.2) is 0 Å². The quantitative estimate of drug-likeness (QED) is 0.0320. The van der Waals surface area contributed by atoms with Crippen LogP contribution in [0.4, 0.5) is 0 Å². The lowest BCUT2D eigenvalue weighted by Crippen LogP contribution is -2.45. The van der Waals surface area contributed by atoms with Crippen LogP contribution in [0.25, 0.3) is 0 Å². The predicted molar refractivity (Wildman–Crippen MR) is 333 cm³/mol. The predicted octanol–water partition coefficient (Wildman–Crippen LogP) is 22.1. The van der Waals surface area contributed by atoms with Crippen LogP contribution in [0.15, 0.2) is 24.3 Å². The van der Waals surface area contributed by atoms with Crippen molar-refractivity contribution < 1.29 is 24.5 Å². The third-order valence-electron chi connectivity index (χ3n) is 16.2. The number of amides is 1. The van der Waals surface area contributed by atoms with E-state index in [1.54, 1.807) is 0 Å². The molecule has 450 valence electrons. The van der Waals surface area contributed by atoms with Crippen molar-refractivity contribution in [2.75, 3.05) is 13.2 Å². The van der Waals surface area contributed by atoms with E-state index in [0.717, 1.165) is 44.9 Å². The number of aliphatic hydroxyl groups excluding tert-OH is 2. The fraction of sp³-hybridized carbons (Fsp3) is 0.914. The van der Waals surface area contributed by atoms with Gasteiger partial charge in [0.15, 0.2) is 0 Å². The van der Waals surface area contributed by atoms with E-state index in [4.69, 9.17) is 4.74 Å². The number of allylic oxidation sites excluding steroid dienone is 4. The Bertz CT molecular complexity index is 1190. The summed E-state index contributed by atoms with van der Waals surface area (Å²) in [6.07, 6.45) is 82.3. The van der Waals surface area contributed by atoms with Crippen LogP contribution >= 0.6 is 0 Å². The van der Waals surface area contributed by atoms with Gasteiger partial charge in [-0.15, -0.1) is 0 Å². The summed E-state index contributed by atoms with van der Waals surface area (Å²) >= 11 is 0. The Labute approximate surface area is 475 Å². The van der Waals surface area contributed by atoms with Gasteiger partial charge in [0.25, 0.3) is 0 Å². The van der Waals surface area contributed by atoms with E-state index >= 15 is 0 Å². The van der Waals surface area contributed by atoms with Gasteiger partial charge in [0, 0.05) is 12.8 Å². The average molecular weight is 1070 g/mol. The molecule has 0 aliphatic heterocycles. The Morgan fingerprint density at radius 1 is 0.355 bits per heavy atom. The van der Waals surface area contributed by atoms with Crippen LogP contribution in [0.2, 0.25) is 0 Å². The van der Waals surface area contributed by atoms with E-state index < -0.39 is 12.1 Å². The van der Waals surface area contributed by atoms with Crippen molar-refractivity contribution in [3.05, 3.63) is 24.3 Å². The molecule has 0 spiro atoms. The highest BCUT2D eigenvalue weighted by Crippen LogP contribution is 2.18. The van der Waals surface area contributed by atoms with Gasteiger partial charge in [0.05, 0.1) is 25.4 Å². The third kappa shape index (κ3) is 61.6. The zero-order valence-corrected chi connectivity index (χ0v) is 51.5. The molecule has 0 heterocycles. The van der Waals surface area contributed by atoms with Crippen molar-refractivity contribution in [1.82, 2.24) is 5.32 Å². The monoisotopic (exact) mass is 1070 g/mol. The second-order valence-electron chi connectivity index (χ2n) is 23.9. The van der Waals surface area contributed by atoms with Gasteiger partial charge < -0.3 is 20.3 Å². The third-order valence-corrected chi connectivity index (χ3v) is 16.2. The molecule has 3 N–H and O–H groups in total. The zero-order chi connectivity index (χ0) is 55.0. The summed E-state index contributed by atoms with van der Waals surface area (Å²) in [5.74, 6) is -0.0204. The first-order chi connectivity index (χ1) is 37.5. The summed E-state index contributed by atoms with van der Waals surface area (Å²) in [5.41, 5.74) is 0. The molecule has 0 saturated carbocycles. The van der Waals surface area contributed by atoms with Crippen LogP contribution in [0, 0.1) is 0 Å². The first kappa shape index (κ1) is 74.3. The van der Waals surface area contributed by atoms with Crippen molar-refractivity contribution in [3.8, 4) is 0 Å². The van der Waals surface area contributed by atoms with Crippen molar-refractivity contribution in [3.63, 3.8) is 0 Å². The minimum absolute atomic E-state index is 0.0113. The zero-order valence-electron chi connectivity index (χ0n) is 51.5. The molecule has 0 saturated heterocycles. The smallest absolute Gasteiger partial charge is 0.305 e. The molecular weight excluding hydrogens is 935 g/mol. The van der Waals surface area contributed by atoms with Gasteiger partial charge in [-0.2, -0.15) is 0 Å². The van der Waals surface area contributed by atoms with E-state index in [-0.39, 0.29) is 18.5 Å². The topological polar surface area (TPSA) is 95.9 Å². The summed E-state index contributed by atoms with van der Waals surface area (Å²) in [6, 6.07) is -0.538. The lowest BCUT2D eigenvalue weighted by Gasteiger charge is -2.22. The van der Waals surface area contributed by atoms with E-state index in [1.807, 2.05) is 0 Å². The molecule has 2 atom stereocenters. The fourth-order valence-corrected chi connectivity index (χ4v) is 10.9. The maximum atomic E-state index is 12.5.